The summed E-state index contributed by atoms with van der Waals surface area (Å²) in [6.07, 6.45) is 7.28. The molecule has 1 aliphatic carbocycles. The van der Waals surface area contributed by atoms with E-state index in [9.17, 15) is 0 Å². The second-order valence-electron chi connectivity index (χ2n) is 4.53. The molecule has 0 saturated heterocycles. The third-order valence-corrected chi connectivity index (χ3v) is 3.16. The molecule has 1 nitrogen and oxygen atoms in total. The summed E-state index contributed by atoms with van der Waals surface area (Å²) >= 11 is 0. The summed E-state index contributed by atoms with van der Waals surface area (Å²) in [5.74, 6) is 0. The van der Waals surface area contributed by atoms with Crippen molar-refractivity contribution in [3.8, 4) is 0 Å². The normalized spacial score (nSPS) is 13.7. The van der Waals surface area contributed by atoms with Crippen LogP contribution in [-0.4, -0.2) is 13.1 Å². The zero-order valence-electron chi connectivity index (χ0n) is 10.1. The zero-order chi connectivity index (χ0) is 11.2. The third-order valence-electron chi connectivity index (χ3n) is 3.16. The van der Waals surface area contributed by atoms with Gasteiger partial charge in [0.05, 0.1) is 0 Å². The fraction of sp³-hybridized carbons (Fsp3) is 0.467. The van der Waals surface area contributed by atoms with Crippen molar-refractivity contribution in [1.29, 1.82) is 0 Å². The highest BCUT2D eigenvalue weighted by atomic mass is 14.8. The van der Waals surface area contributed by atoms with Crippen LogP contribution in [0.3, 0.4) is 0 Å². The SMILES string of the molecule is CCCCNCCC1=Cc2ccccc2C1. The number of hydrogen-bond acceptors (Lipinski definition) is 1. The molecule has 1 N–H and O–H groups in total. The van der Waals surface area contributed by atoms with Gasteiger partial charge in [-0.3, -0.25) is 0 Å². The maximum Gasteiger partial charge on any atom is -0.00114 e. The van der Waals surface area contributed by atoms with Crippen molar-refractivity contribution in [2.24, 2.45) is 0 Å². The van der Waals surface area contributed by atoms with Crippen molar-refractivity contribution >= 4 is 6.08 Å². The van der Waals surface area contributed by atoms with Crippen LogP contribution in [0.2, 0.25) is 0 Å². The van der Waals surface area contributed by atoms with Crippen LogP contribution in [0.15, 0.2) is 29.8 Å². The first-order chi connectivity index (χ1) is 7.90. The van der Waals surface area contributed by atoms with Crippen molar-refractivity contribution < 1.29 is 0 Å². The third kappa shape index (κ3) is 2.96. The summed E-state index contributed by atoms with van der Waals surface area (Å²) in [6, 6.07) is 8.71. The highest BCUT2D eigenvalue weighted by Crippen LogP contribution is 2.25. The summed E-state index contributed by atoms with van der Waals surface area (Å²) in [5.41, 5.74) is 4.49. The number of unbranched alkanes of at least 4 members (excludes halogenated alkanes) is 1. The van der Waals surface area contributed by atoms with E-state index < -0.39 is 0 Å². The Hall–Kier alpha value is -1.08. The van der Waals surface area contributed by atoms with E-state index in [-0.39, 0.29) is 0 Å². The van der Waals surface area contributed by atoms with Gasteiger partial charge in [-0.15, -0.1) is 0 Å². The molecule has 0 fully saturated rings. The van der Waals surface area contributed by atoms with Crippen molar-refractivity contribution in [2.75, 3.05) is 13.1 Å². The minimum absolute atomic E-state index is 1.12. The van der Waals surface area contributed by atoms with Crippen LogP contribution in [0.4, 0.5) is 0 Å². The van der Waals surface area contributed by atoms with Crippen molar-refractivity contribution in [1.82, 2.24) is 5.32 Å². The average molecular weight is 215 g/mol. The molecular formula is C15H21N. The molecule has 16 heavy (non-hydrogen) atoms. The quantitative estimate of drug-likeness (QED) is 0.717. The summed E-state index contributed by atoms with van der Waals surface area (Å²) in [7, 11) is 0. The van der Waals surface area contributed by atoms with Crippen molar-refractivity contribution in [3.63, 3.8) is 0 Å². The van der Waals surface area contributed by atoms with Gasteiger partial charge in [-0.2, -0.15) is 0 Å². The zero-order valence-corrected chi connectivity index (χ0v) is 10.1. The van der Waals surface area contributed by atoms with Gasteiger partial charge in [-0.25, -0.2) is 0 Å². The average Bonchev–Trinajstić information content (AvgIpc) is 2.71. The van der Waals surface area contributed by atoms with E-state index >= 15 is 0 Å². The lowest BCUT2D eigenvalue weighted by molar-refractivity contribution is 0.637. The van der Waals surface area contributed by atoms with Crippen LogP contribution < -0.4 is 5.32 Å². The highest BCUT2D eigenvalue weighted by molar-refractivity contribution is 5.63. The smallest absolute Gasteiger partial charge is 0.00114 e. The van der Waals surface area contributed by atoms with Gasteiger partial charge in [0.25, 0.3) is 0 Å². The molecule has 0 aromatic heterocycles. The maximum absolute atomic E-state index is 3.50. The van der Waals surface area contributed by atoms with Crippen LogP contribution >= 0.6 is 0 Å². The minimum Gasteiger partial charge on any atom is -0.316 e. The molecule has 0 heterocycles. The minimum atomic E-state index is 1.12. The lowest BCUT2D eigenvalue weighted by Gasteiger charge is -2.04. The number of rotatable bonds is 6. The van der Waals surface area contributed by atoms with Gasteiger partial charge in [-0.1, -0.05) is 49.3 Å². The second-order valence-corrected chi connectivity index (χ2v) is 4.53. The van der Waals surface area contributed by atoms with E-state index in [1.165, 1.54) is 30.4 Å². The Kier molecular flexibility index (Phi) is 4.17. The van der Waals surface area contributed by atoms with Gasteiger partial charge >= 0.3 is 0 Å². The molecule has 0 aliphatic heterocycles. The van der Waals surface area contributed by atoms with E-state index in [2.05, 4.69) is 42.6 Å². The van der Waals surface area contributed by atoms with Crippen LogP contribution in [0, 0.1) is 0 Å². The van der Waals surface area contributed by atoms with Crippen LogP contribution in [0.1, 0.15) is 37.3 Å². The highest BCUT2D eigenvalue weighted by Gasteiger charge is 2.10. The van der Waals surface area contributed by atoms with Crippen LogP contribution in [0.5, 0.6) is 0 Å². The Morgan fingerprint density at radius 2 is 2.06 bits per heavy atom. The Balaban J connectivity index is 1.74. The first kappa shape index (κ1) is 11.4. The number of hydrogen-bond donors (Lipinski definition) is 1. The van der Waals surface area contributed by atoms with Gasteiger partial charge < -0.3 is 5.32 Å². The molecule has 86 valence electrons. The first-order valence-electron chi connectivity index (χ1n) is 6.38. The molecule has 0 amide bonds. The van der Waals surface area contributed by atoms with E-state index in [1.807, 2.05) is 0 Å². The molecule has 0 atom stereocenters. The van der Waals surface area contributed by atoms with Gasteiger partial charge in [-0.05, 0) is 43.5 Å². The largest absolute Gasteiger partial charge is 0.316 e. The fourth-order valence-corrected chi connectivity index (χ4v) is 2.19. The predicted octanol–water partition coefficient (Wildman–Crippen LogP) is 3.41. The first-order valence-corrected chi connectivity index (χ1v) is 6.38. The topological polar surface area (TPSA) is 12.0 Å². The summed E-state index contributed by atoms with van der Waals surface area (Å²) in [6.45, 7) is 4.52. The molecule has 1 aliphatic rings. The Bertz CT molecular complexity index is 365. The van der Waals surface area contributed by atoms with E-state index in [0.717, 1.165) is 19.5 Å². The summed E-state index contributed by atoms with van der Waals surface area (Å²) in [4.78, 5) is 0. The maximum atomic E-state index is 3.50. The Morgan fingerprint density at radius 3 is 2.88 bits per heavy atom. The standard InChI is InChI=1S/C15H21N/c1-2-3-9-16-10-8-13-11-14-6-4-5-7-15(14)12-13/h4-7,11,16H,2-3,8-10,12H2,1H3. The van der Waals surface area contributed by atoms with Gasteiger partial charge in [0, 0.05) is 0 Å². The Labute approximate surface area is 98.6 Å². The molecule has 1 aromatic rings. The van der Waals surface area contributed by atoms with E-state index in [0.29, 0.717) is 0 Å². The Morgan fingerprint density at radius 1 is 1.19 bits per heavy atom. The number of nitrogens with one attached hydrogen (secondary N) is 1. The number of fused-ring (bicyclic) bond motifs is 1. The van der Waals surface area contributed by atoms with Gasteiger partial charge in [0.2, 0.25) is 0 Å². The molecule has 0 radical (unpaired) electrons. The van der Waals surface area contributed by atoms with Crippen molar-refractivity contribution in [2.45, 2.75) is 32.6 Å². The summed E-state index contributed by atoms with van der Waals surface area (Å²) < 4.78 is 0. The molecule has 2 rings (SSSR count). The molecule has 1 aromatic carbocycles. The number of benzene rings is 1. The summed E-state index contributed by atoms with van der Waals surface area (Å²) in [5, 5.41) is 3.50. The molecule has 1 heteroatoms. The lowest BCUT2D eigenvalue weighted by Crippen LogP contribution is -2.16. The monoisotopic (exact) mass is 215 g/mol. The molecule has 0 bridgehead atoms. The predicted molar refractivity (Wildman–Crippen MR) is 70.5 cm³/mol. The molecular weight excluding hydrogens is 194 g/mol. The lowest BCUT2D eigenvalue weighted by atomic mass is 10.1. The van der Waals surface area contributed by atoms with Crippen LogP contribution in [-0.2, 0) is 6.42 Å². The van der Waals surface area contributed by atoms with Gasteiger partial charge in [0.15, 0.2) is 0 Å². The van der Waals surface area contributed by atoms with Crippen molar-refractivity contribution in [3.05, 3.63) is 41.0 Å². The fourth-order valence-electron chi connectivity index (χ4n) is 2.19. The van der Waals surface area contributed by atoms with Gasteiger partial charge in [0.1, 0.15) is 0 Å². The van der Waals surface area contributed by atoms with E-state index in [1.54, 1.807) is 5.57 Å². The second kappa shape index (κ2) is 5.86. The molecule has 0 saturated carbocycles. The van der Waals surface area contributed by atoms with Crippen LogP contribution in [0.25, 0.3) is 6.08 Å². The van der Waals surface area contributed by atoms with E-state index in [4.69, 9.17) is 0 Å². The molecule has 0 unspecified atom stereocenters. The molecule has 0 spiro atoms.